The Kier molecular flexibility index (Phi) is 7.88. The quantitative estimate of drug-likeness (QED) is 0.539. The Bertz CT molecular complexity index is 1080. The Balaban J connectivity index is 1.52. The number of carbonyl (C=O) groups is 3. The van der Waals surface area contributed by atoms with E-state index in [0.717, 1.165) is 5.56 Å². The lowest BCUT2D eigenvalue weighted by Crippen LogP contribution is -2.57. The second-order valence-electron chi connectivity index (χ2n) is 9.77. The van der Waals surface area contributed by atoms with Gasteiger partial charge in [-0.3, -0.25) is 14.5 Å². The van der Waals surface area contributed by atoms with E-state index >= 15 is 0 Å². The maximum Gasteiger partial charge on any atom is 0.325 e. The van der Waals surface area contributed by atoms with Crippen LogP contribution in [0.2, 0.25) is 0 Å². The van der Waals surface area contributed by atoms with Gasteiger partial charge >= 0.3 is 6.03 Å². The van der Waals surface area contributed by atoms with Crippen LogP contribution >= 0.6 is 0 Å². The molecule has 9 heteroatoms. The van der Waals surface area contributed by atoms with Crippen LogP contribution < -0.4 is 10.1 Å². The molecule has 1 N–H and O–H groups in total. The SMILES string of the molecule is COc1ncccc1C(=O)N1CCC([C@@]2(CCc3ccccc3)NC(=O)N(CCN(C)C)C2=O)CC1. The maximum absolute atomic E-state index is 13.8. The van der Waals surface area contributed by atoms with Crippen LogP contribution in [0.4, 0.5) is 4.79 Å². The number of piperidine rings is 1. The third kappa shape index (κ3) is 5.21. The number of likely N-dealkylation sites (N-methyl/N-ethyl adjacent to an activating group) is 1. The van der Waals surface area contributed by atoms with E-state index in [9.17, 15) is 14.4 Å². The molecule has 3 heterocycles. The zero-order valence-electron chi connectivity index (χ0n) is 21.3. The number of likely N-dealkylation sites (tertiary alicyclic amines) is 1. The van der Waals surface area contributed by atoms with Gasteiger partial charge in [-0.2, -0.15) is 0 Å². The molecular weight excluding hydrogens is 458 g/mol. The smallest absolute Gasteiger partial charge is 0.325 e. The molecule has 0 spiro atoms. The molecule has 1 aromatic heterocycles. The van der Waals surface area contributed by atoms with E-state index in [1.54, 1.807) is 23.2 Å². The van der Waals surface area contributed by atoms with Gasteiger partial charge in [-0.1, -0.05) is 30.3 Å². The van der Waals surface area contributed by atoms with Crippen molar-refractivity contribution in [1.82, 2.24) is 25.0 Å². The first-order chi connectivity index (χ1) is 17.4. The number of aromatic nitrogens is 1. The largest absolute Gasteiger partial charge is 0.480 e. The van der Waals surface area contributed by atoms with Gasteiger partial charge in [-0.15, -0.1) is 0 Å². The first-order valence-electron chi connectivity index (χ1n) is 12.5. The van der Waals surface area contributed by atoms with E-state index in [2.05, 4.69) is 10.3 Å². The Hall–Kier alpha value is -3.46. The number of benzene rings is 1. The van der Waals surface area contributed by atoms with Gasteiger partial charge < -0.3 is 19.9 Å². The fourth-order valence-corrected chi connectivity index (χ4v) is 5.25. The summed E-state index contributed by atoms with van der Waals surface area (Å²) in [6.07, 6.45) is 4.04. The summed E-state index contributed by atoms with van der Waals surface area (Å²) >= 11 is 0. The Morgan fingerprint density at radius 1 is 1.14 bits per heavy atom. The highest BCUT2D eigenvalue weighted by atomic mass is 16.5. The van der Waals surface area contributed by atoms with Gasteiger partial charge in [0, 0.05) is 32.4 Å². The highest BCUT2D eigenvalue weighted by Crippen LogP contribution is 2.37. The molecule has 2 aromatic rings. The number of ether oxygens (including phenoxy) is 1. The minimum atomic E-state index is -0.972. The Morgan fingerprint density at radius 2 is 1.86 bits per heavy atom. The standard InChI is InChI=1S/C27H35N5O4/c1-30(2)18-19-32-25(34)27(29-26(32)35,14-11-20-8-5-4-6-9-20)21-12-16-31(17-13-21)24(33)22-10-7-15-28-23(22)36-3/h4-10,15,21H,11-14,16-19H2,1-3H3,(H,29,35)/t27-/m1/s1. The second kappa shape index (κ2) is 11.1. The number of urea groups is 1. The molecule has 2 saturated heterocycles. The van der Waals surface area contributed by atoms with Crippen LogP contribution in [0.5, 0.6) is 5.88 Å². The van der Waals surface area contributed by atoms with Gasteiger partial charge in [0.25, 0.3) is 11.8 Å². The van der Waals surface area contributed by atoms with Crippen LogP contribution in [0.15, 0.2) is 48.7 Å². The Morgan fingerprint density at radius 3 is 2.53 bits per heavy atom. The van der Waals surface area contributed by atoms with Gasteiger partial charge in [-0.05, 0) is 63.4 Å². The predicted molar refractivity (Wildman–Crippen MR) is 136 cm³/mol. The number of aryl methyl sites for hydroxylation is 1. The molecule has 0 bridgehead atoms. The third-order valence-corrected chi connectivity index (χ3v) is 7.30. The molecule has 1 atom stereocenters. The first kappa shape index (κ1) is 25.6. The molecule has 0 saturated carbocycles. The van der Waals surface area contributed by atoms with Crippen molar-refractivity contribution >= 4 is 17.8 Å². The Labute approximate surface area is 212 Å². The van der Waals surface area contributed by atoms with Crippen LogP contribution in [0.25, 0.3) is 0 Å². The van der Waals surface area contributed by atoms with E-state index < -0.39 is 5.54 Å². The molecule has 2 fully saturated rings. The number of imide groups is 1. The van der Waals surface area contributed by atoms with Crippen LogP contribution in [-0.2, 0) is 11.2 Å². The highest BCUT2D eigenvalue weighted by molar-refractivity contribution is 6.07. The summed E-state index contributed by atoms with van der Waals surface area (Å²) in [5.41, 5.74) is 0.583. The number of rotatable bonds is 9. The summed E-state index contributed by atoms with van der Waals surface area (Å²) in [5, 5.41) is 3.11. The van der Waals surface area contributed by atoms with Gasteiger partial charge in [0.15, 0.2) is 0 Å². The minimum absolute atomic E-state index is 0.0677. The molecule has 0 aliphatic carbocycles. The van der Waals surface area contributed by atoms with Crippen molar-refractivity contribution in [3.8, 4) is 5.88 Å². The number of hydrogen-bond donors (Lipinski definition) is 1. The van der Waals surface area contributed by atoms with Crippen LogP contribution in [0.1, 0.15) is 35.2 Å². The summed E-state index contributed by atoms with van der Waals surface area (Å²) in [7, 11) is 5.34. The van der Waals surface area contributed by atoms with Gasteiger partial charge in [0.1, 0.15) is 11.1 Å². The van der Waals surface area contributed by atoms with E-state index in [-0.39, 0.29) is 23.8 Å². The number of amides is 4. The van der Waals surface area contributed by atoms with Crippen molar-refractivity contribution in [2.45, 2.75) is 31.2 Å². The van der Waals surface area contributed by atoms with Gasteiger partial charge in [-0.25, -0.2) is 9.78 Å². The van der Waals surface area contributed by atoms with Crippen molar-refractivity contribution in [2.75, 3.05) is 47.4 Å². The van der Waals surface area contributed by atoms with Gasteiger partial charge in [0.05, 0.1) is 7.11 Å². The van der Waals surface area contributed by atoms with E-state index in [4.69, 9.17) is 4.74 Å². The first-order valence-corrected chi connectivity index (χ1v) is 12.5. The number of pyridine rings is 1. The molecule has 192 valence electrons. The third-order valence-electron chi connectivity index (χ3n) is 7.30. The lowest BCUT2D eigenvalue weighted by Gasteiger charge is -2.41. The summed E-state index contributed by atoms with van der Waals surface area (Å²) in [6, 6.07) is 13.1. The molecule has 4 amide bonds. The van der Waals surface area contributed by atoms with Crippen LogP contribution in [0, 0.1) is 5.92 Å². The average Bonchev–Trinajstić information content (AvgIpc) is 3.15. The van der Waals surface area contributed by atoms with E-state index in [1.807, 2.05) is 49.3 Å². The average molecular weight is 494 g/mol. The van der Waals surface area contributed by atoms with Crippen molar-refractivity contribution in [2.24, 2.45) is 5.92 Å². The summed E-state index contributed by atoms with van der Waals surface area (Å²) in [5.74, 6) is -0.0456. The van der Waals surface area contributed by atoms with Crippen molar-refractivity contribution in [3.63, 3.8) is 0 Å². The molecular formula is C27H35N5O4. The van der Waals surface area contributed by atoms with Crippen LogP contribution in [0.3, 0.4) is 0 Å². The minimum Gasteiger partial charge on any atom is -0.480 e. The second-order valence-corrected chi connectivity index (χ2v) is 9.77. The van der Waals surface area contributed by atoms with E-state index in [1.165, 1.54) is 12.0 Å². The van der Waals surface area contributed by atoms with Crippen molar-refractivity contribution in [1.29, 1.82) is 0 Å². The highest BCUT2D eigenvalue weighted by Gasteiger charge is 2.55. The summed E-state index contributed by atoms with van der Waals surface area (Å²) in [4.78, 5) is 49.2. The topological polar surface area (TPSA) is 95.1 Å². The molecule has 0 unspecified atom stereocenters. The molecule has 0 radical (unpaired) electrons. The zero-order valence-corrected chi connectivity index (χ0v) is 21.3. The van der Waals surface area contributed by atoms with Crippen molar-refractivity contribution in [3.05, 3.63) is 59.8 Å². The maximum atomic E-state index is 13.8. The lowest BCUT2D eigenvalue weighted by molar-refractivity contribution is -0.134. The predicted octanol–water partition coefficient (Wildman–Crippen LogP) is 2.43. The van der Waals surface area contributed by atoms with E-state index in [0.29, 0.717) is 63.3 Å². The zero-order chi connectivity index (χ0) is 25.7. The normalized spacial score (nSPS) is 20.7. The molecule has 9 nitrogen and oxygen atoms in total. The van der Waals surface area contributed by atoms with Crippen molar-refractivity contribution < 1.29 is 19.1 Å². The number of nitrogens with zero attached hydrogens (tertiary/aromatic N) is 4. The molecule has 4 rings (SSSR count). The summed E-state index contributed by atoms with van der Waals surface area (Å²) in [6.45, 7) is 1.95. The number of methoxy groups -OCH3 is 1. The number of nitrogens with one attached hydrogen (secondary N) is 1. The number of carbonyl (C=O) groups excluding carboxylic acids is 3. The number of hydrogen-bond acceptors (Lipinski definition) is 6. The fraction of sp³-hybridized carbons (Fsp3) is 0.481. The lowest BCUT2D eigenvalue weighted by atomic mass is 9.74. The van der Waals surface area contributed by atoms with Crippen LogP contribution in [-0.4, -0.2) is 90.5 Å². The molecule has 2 aliphatic rings. The summed E-state index contributed by atoms with van der Waals surface area (Å²) < 4.78 is 5.27. The monoisotopic (exact) mass is 493 g/mol. The molecule has 36 heavy (non-hydrogen) atoms. The fourth-order valence-electron chi connectivity index (χ4n) is 5.25. The van der Waals surface area contributed by atoms with Gasteiger partial charge in [0.2, 0.25) is 5.88 Å². The molecule has 2 aliphatic heterocycles. The molecule has 1 aromatic carbocycles.